The van der Waals surface area contributed by atoms with Crippen LogP contribution < -0.4 is 4.74 Å². The molecular formula is C22H19FO2. The Kier molecular flexibility index (Phi) is 5.24. The minimum absolute atomic E-state index is 0.272. The Morgan fingerprint density at radius 3 is 2.52 bits per heavy atom. The molecule has 0 radical (unpaired) electrons. The van der Waals surface area contributed by atoms with Gasteiger partial charge < -0.3 is 4.74 Å². The minimum Gasteiger partial charge on any atom is -0.489 e. The van der Waals surface area contributed by atoms with Gasteiger partial charge in [-0.3, -0.25) is 4.79 Å². The average molecular weight is 334 g/mol. The number of halogens is 1. The normalized spacial score (nSPS) is 10.5. The smallest absolute Gasteiger partial charge is 0.150 e. The summed E-state index contributed by atoms with van der Waals surface area (Å²) in [5, 5.41) is 0. The van der Waals surface area contributed by atoms with E-state index in [0.29, 0.717) is 24.3 Å². The molecule has 0 saturated heterocycles. The SMILES string of the molecule is Cc1cccc(COc2ccc(C=O)cc2Cc2cccc(F)c2)c1. The highest BCUT2D eigenvalue weighted by atomic mass is 19.1. The zero-order chi connectivity index (χ0) is 17.6. The van der Waals surface area contributed by atoms with Crippen LogP contribution in [-0.2, 0) is 13.0 Å². The molecule has 0 fully saturated rings. The fourth-order valence-electron chi connectivity index (χ4n) is 2.78. The van der Waals surface area contributed by atoms with E-state index >= 15 is 0 Å². The quantitative estimate of drug-likeness (QED) is 0.585. The second-order valence-electron chi connectivity index (χ2n) is 6.07. The van der Waals surface area contributed by atoms with Gasteiger partial charge in [-0.15, -0.1) is 0 Å². The Balaban J connectivity index is 1.84. The van der Waals surface area contributed by atoms with Crippen LogP contribution in [0.25, 0.3) is 0 Å². The molecule has 0 unspecified atom stereocenters. The Labute approximate surface area is 146 Å². The third-order valence-electron chi connectivity index (χ3n) is 3.98. The summed E-state index contributed by atoms with van der Waals surface area (Å²) in [5.41, 5.74) is 4.54. The van der Waals surface area contributed by atoms with Gasteiger partial charge in [0.2, 0.25) is 0 Å². The number of aldehydes is 1. The molecule has 3 rings (SSSR count). The second kappa shape index (κ2) is 7.75. The van der Waals surface area contributed by atoms with Gasteiger partial charge in [0.25, 0.3) is 0 Å². The molecule has 0 aliphatic carbocycles. The Hall–Kier alpha value is -2.94. The van der Waals surface area contributed by atoms with E-state index < -0.39 is 0 Å². The molecular weight excluding hydrogens is 315 g/mol. The summed E-state index contributed by atoms with van der Waals surface area (Å²) in [6, 6.07) is 19.9. The van der Waals surface area contributed by atoms with Gasteiger partial charge in [-0.25, -0.2) is 4.39 Å². The first kappa shape index (κ1) is 16.9. The van der Waals surface area contributed by atoms with Crippen LogP contribution in [0.3, 0.4) is 0 Å². The van der Waals surface area contributed by atoms with E-state index in [2.05, 4.69) is 6.07 Å². The van der Waals surface area contributed by atoms with Gasteiger partial charge in [0.15, 0.2) is 0 Å². The summed E-state index contributed by atoms with van der Waals surface area (Å²) < 4.78 is 19.4. The van der Waals surface area contributed by atoms with Crippen molar-refractivity contribution in [1.29, 1.82) is 0 Å². The van der Waals surface area contributed by atoms with Crippen LogP contribution in [-0.4, -0.2) is 6.29 Å². The van der Waals surface area contributed by atoms with Crippen LogP contribution in [0.15, 0.2) is 66.7 Å². The molecule has 3 heteroatoms. The third-order valence-corrected chi connectivity index (χ3v) is 3.98. The van der Waals surface area contributed by atoms with Gasteiger partial charge in [-0.05, 0) is 53.9 Å². The van der Waals surface area contributed by atoms with E-state index in [9.17, 15) is 9.18 Å². The number of benzene rings is 3. The van der Waals surface area contributed by atoms with Gasteiger partial charge in [-0.1, -0.05) is 42.0 Å². The van der Waals surface area contributed by atoms with Crippen molar-refractivity contribution in [3.63, 3.8) is 0 Å². The van der Waals surface area contributed by atoms with Crippen LogP contribution in [0.4, 0.5) is 4.39 Å². The molecule has 3 aromatic rings. The van der Waals surface area contributed by atoms with Crippen molar-refractivity contribution in [3.05, 3.63) is 100 Å². The van der Waals surface area contributed by atoms with E-state index in [1.54, 1.807) is 24.3 Å². The molecule has 0 atom stereocenters. The third kappa shape index (κ3) is 4.54. The molecule has 0 heterocycles. The lowest BCUT2D eigenvalue weighted by Crippen LogP contribution is -2.01. The molecule has 0 spiro atoms. The van der Waals surface area contributed by atoms with Gasteiger partial charge in [-0.2, -0.15) is 0 Å². The maximum Gasteiger partial charge on any atom is 0.150 e. The standard InChI is InChI=1S/C22H19FO2/c1-16-4-2-6-19(10-16)15-25-22-9-8-18(14-24)12-20(22)11-17-5-3-7-21(23)13-17/h2-10,12-14H,11,15H2,1H3. The monoisotopic (exact) mass is 334 g/mol. The van der Waals surface area contributed by atoms with Crippen LogP contribution >= 0.6 is 0 Å². The van der Waals surface area contributed by atoms with Crippen molar-refractivity contribution in [2.24, 2.45) is 0 Å². The van der Waals surface area contributed by atoms with E-state index in [1.165, 1.54) is 17.7 Å². The highest BCUT2D eigenvalue weighted by molar-refractivity contribution is 5.75. The first-order valence-electron chi connectivity index (χ1n) is 8.15. The van der Waals surface area contributed by atoms with Crippen molar-refractivity contribution < 1.29 is 13.9 Å². The number of hydrogen-bond acceptors (Lipinski definition) is 2. The molecule has 0 amide bonds. The van der Waals surface area contributed by atoms with E-state index in [1.807, 2.05) is 31.2 Å². The molecule has 0 aliphatic heterocycles. The summed E-state index contributed by atoms with van der Waals surface area (Å²) >= 11 is 0. The zero-order valence-electron chi connectivity index (χ0n) is 14.0. The summed E-state index contributed by atoms with van der Waals surface area (Å²) in [6.45, 7) is 2.48. The topological polar surface area (TPSA) is 26.3 Å². The number of hydrogen-bond donors (Lipinski definition) is 0. The van der Waals surface area contributed by atoms with Crippen molar-refractivity contribution >= 4 is 6.29 Å². The largest absolute Gasteiger partial charge is 0.489 e. The second-order valence-corrected chi connectivity index (χ2v) is 6.07. The number of carbonyl (C=O) groups is 1. The minimum atomic E-state index is -0.272. The molecule has 0 aromatic heterocycles. The number of rotatable bonds is 6. The molecule has 126 valence electrons. The van der Waals surface area contributed by atoms with E-state index in [0.717, 1.165) is 23.0 Å². The van der Waals surface area contributed by atoms with Crippen LogP contribution in [0.1, 0.15) is 32.6 Å². The summed E-state index contributed by atoms with van der Waals surface area (Å²) in [4.78, 5) is 11.1. The first-order valence-corrected chi connectivity index (χ1v) is 8.15. The predicted octanol–water partition coefficient (Wildman–Crippen LogP) is 5.12. The van der Waals surface area contributed by atoms with Crippen molar-refractivity contribution in [1.82, 2.24) is 0 Å². The van der Waals surface area contributed by atoms with Crippen LogP contribution in [0.2, 0.25) is 0 Å². The van der Waals surface area contributed by atoms with Gasteiger partial charge in [0, 0.05) is 12.0 Å². The fourth-order valence-corrected chi connectivity index (χ4v) is 2.78. The Morgan fingerprint density at radius 1 is 0.960 bits per heavy atom. The average Bonchev–Trinajstić information content (AvgIpc) is 2.60. The van der Waals surface area contributed by atoms with Crippen molar-refractivity contribution in [2.45, 2.75) is 20.0 Å². The highest BCUT2D eigenvalue weighted by Gasteiger charge is 2.08. The summed E-state index contributed by atoms with van der Waals surface area (Å²) in [5.74, 6) is 0.433. The van der Waals surface area contributed by atoms with Crippen LogP contribution in [0.5, 0.6) is 5.75 Å². The number of aryl methyl sites for hydroxylation is 1. The van der Waals surface area contributed by atoms with E-state index in [4.69, 9.17) is 4.74 Å². The molecule has 0 bridgehead atoms. The molecule has 0 aliphatic rings. The lowest BCUT2D eigenvalue weighted by atomic mass is 10.0. The maximum atomic E-state index is 13.4. The van der Waals surface area contributed by atoms with Crippen molar-refractivity contribution in [2.75, 3.05) is 0 Å². The van der Waals surface area contributed by atoms with Crippen molar-refractivity contribution in [3.8, 4) is 5.75 Å². The Bertz CT molecular complexity index is 887. The summed E-state index contributed by atoms with van der Waals surface area (Å²) in [7, 11) is 0. The lowest BCUT2D eigenvalue weighted by Gasteiger charge is -2.13. The number of ether oxygens (including phenoxy) is 1. The number of carbonyl (C=O) groups excluding carboxylic acids is 1. The molecule has 0 saturated carbocycles. The maximum absolute atomic E-state index is 13.4. The highest BCUT2D eigenvalue weighted by Crippen LogP contribution is 2.24. The molecule has 2 nitrogen and oxygen atoms in total. The molecule has 3 aromatic carbocycles. The first-order chi connectivity index (χ1) is 12.1. The van der Waals surface area contributed by atoms with Gasteiger partial charge in [0.1, 0.15) is 24.5 Å². The van der Waals surface area contributed by atoms with Gasteiger partial charge >= 0.3 is 0 Å². The lowest BCUT2D eigenvalue weighted by molar-refractivity contribution is 0.112. The fraction of sp³-hybridized carbons (Fsp3) is 0.136. The van der Waals surface area contributed by atoms with Gasteiger partial charge in [0.05, 0.1) is 0 Å². The molecule has 0 N–H and O–H groups in total. The van der Waals surface area contributed by atoms with Crippen LogP contribution in [0, 0.1) is 12.7 Å². The predicted molar refractivity (Wildman–Crippen MR) is 96.5 cm³/mol. The summed E-state index contributed by atoms with van der Waals surface area (Å²) in [6.07, 6.45) is 1.31. The van der Waals surface area contributed by atoms with E-state index in [-0.39, 0.29) is 5.82 Å². The molecule has 25 heavy (non-hydrogen) atoms. The zero-order valence-corrected chi connectivity index (χ0v) is 14.0. The Morgan fingerprint density at radius 2 is 1.76 bits per heavy atom.